The van der Waals surface area contributed by atoms with Crippen molar-refractivity contribution in [3.05, 3.63) is 40.7 Å². The molecule has 9 nitrogen and oxygen atoms in total. The van der Waals surface area contributed by atoms with Gasteiger partial charge in [-0.1, -0.05) is 12.1 Å². The van der Waals surface area contributed by atoms with E-state index in [9.17, 15) is 24.9 Å². The number of hydrogen-bond donors (Lipinski definition) is 4. The molecule has 31 heavy (non-hydrogen) atoms. The van der Waals surface area contributed by atoms with Gasteiger partial charge in [-0.3, -0.25) is 4.79 Å². The maximum absolute atomic E-state index is 12.3. The van der Waals surface area contributed by atoms with E-state index < -0.39 is 41.6 Å². The van der Waals surface area contributed by atoms with E-state index in [-0.39, 0.29) is 24.8 Å². The van der Waals surface area contributed by atoms with E-state index in [0.29, 0.717) is 30.7 Å². The number of likely N-dealkylation sites (tertiary alicyclic amines) is 1. The molecular formula is C22H25NO8. The summed E-state index contributed by atoms with van der Waals surface area (Å²) in [5, 5.41) is 40.2. The maximum Gasteiger partial charge on any atom is 0.333 e. The summed E-state index contributed by atoms with van der Waals surface area (Å²) in [6, 6.07) is 3.64. The molecule has 5 atom stereocenters. The molecule has 2 bridgehead atoms. The number of piperidine rings is 1. The Labute approximate surface area is 178 Å². The van der Waals surface area contributed by atoms with Crippen LogP contribution in [0.15, 0.2) is 24.0 Å². The number of ether oxygens (including phenoxy) is 2. The SMILES string of the molecule is CN1CCC23c4c5ccc(CO)c4OC2C(OC(=O)C[C@H](O)C(=O)O)=CC[C@@]3(O)[C@H]1C5. The van der Waals surface area contributed by atoms with E-state index in [2.05, 4.69) is 4.90 Å². The maximum atomic E-state index is 12.3. The van der Waals surface area contributed by atoms with Crippen LogP contribution in [0.1, 0.15) is 36.0 Å². The fourth-order valence-electron chi connectivity index (χ4n) is 6.05. The molecule has 4 aliphatic rings. The van der Waals surface area contributed by atoms with Crippen molar-refractivity contribution >= 4 is 11.9 Å². The summed E-state index contributed by atoms with van der Waals surface area (Å²) in [6.45, 7) is 0.491. The Balaban J connectivity index is 1.59. The lowest BCUT2D eigenvalue weighted by molar-refractivity contribution is -0.170. The highest BCUT2D eigenvalue weighted by Gasteiger charge is 2.71. The van der Waals surface area contributed by atoms with Gasteiger partial charge < -0.3 is 34.8 Å². The molecule has 166 valence electrons. The summed E-state index contributed by atoms with van der Waals surface area (Å²) in [7, 11) is 1.99. The van der Waals surface area contributed by atoms with Crippen LogP contribution in [0, 0.1) is 0 Å². The van der Waals surface area contributed by atoms with Crippen molar-refractivity contribution in [2.45, 2.75) is 61.6 Å². The van der Waals surface area contributed by atoms with Gasteiger partial charge in [-0.25, -0.2) is 4.79 Å². The number of nitrogens with zero attached hydrogens (tertiary/aromatic N) is 1. The van der Waals surface area contributed by atoms with E-state index in [1.165, 1.54) is 0 Å². The zero-order valence-corrected chi connectivity index (χ0v) is 17.1. The molecule has 4 N–H and O–H groups in total. The molecule has 1 spiro atoms. The van der Waals surface area contributed by atoms with Gasteiger partial charge in [0.25, 0.3) is 0 Å². The minimum Gasteiger partial charge on any atom is -0.481 e. The van der Waals surface area contributed by atoms with Crippen molar-refractivity contribution in [3.8, 4) is 5.75 Å². The molecule has 0 aromatic heterocycles. The number of rotatable bonds is 5. The standard InChI is InChI=1S/C22H25NO8/c1-23-7-6-21-17-11-2-3-12(10-24)18(17)31-19(21)14(4-5-22(21,29)15(23)8-11)30-16(26)9-13(25)20(27)28/h2-4,13,15,19,24-25,29H,5-10H2,1H3,(H,27,28)/t13-,15+,19?,21?,22+/m0/s1. The van der Waals surface area contributed by atoms with E-state index in [1.807, 2.05) is 19.2 Å². The summed E-state index contributed by atoms with van der Waals surface area (Å²) in [5.41, 5.74) is 0.545. The lowest BCUT2D eigenvalue weighted by atomic mass is 9.50. The molecule has 5 rings (SSSR count). The number of likely N-dealkylation sites (N-methyl/N-ethyl adjacent to an activating group) is 1. The van der Waals surface area contributed by atoms with E-state index in [4.69, 9.17) is 14.6 Å². The van der Waals surface area contributed by atoms with Crippen LogP contribution in [-0.2, 0) is 32.8 Å². The Kier molecular flexibility index (Phi) is 4.46. The number of aliphatic carboxylic acids is 1. The van der Waals surface area contributed by atoms with Gasteiger partial charge in [0.15, 0.2) is 12.2 Å². The summed E-state index contributed by atoms with van der Waals surface area (Å²) < 4.78 is 11.8. The van der Waals surface area contributed by atoms with Crippen molar-refractivity contribution in [1.29, 1.82) is 0 Å². The summed E-state index contributed by atoms with van der Waals surface area (Å²) in [4.78, 5) is 25.3. The predicted molar refractivity (Wildman–Crippen MR) is 105 cm³/mol. The number of aliphatic hydroxyl groups is 3. The third kappa shape index (κ3) is 2.57. The van der Waals surface area contributed by atoms with E-state index >= 15 is 0 Å². The smallest absolute Gasteiger partial charge is 0.333 e. The zero-order chi connectivity index (χ0) is 22.1. The van der Waals surface area contributed by atoms with Crippen molar-refractivity contribution in [3.63, 3.8) is 0 Å². The number of hydrogen-bond acceptors (Lipinski definition) is 8. The Hall–Kier alpha value is -2.46. The molecule has 0 amide bonds. The Morgan fingerprint density at radius 2 is 2.16 bits per heavy atom. The van der Waals surface area contributed by atoms with Crippen LogP contribution in [-0.4, -0.2) is 74.7 Å². The second-order valence-electron chi connectivity index (χ2n) is 8.93. The summed E-state index contributed by atoms with van der Waals surface area (Å²) in [5.74, 6) is -1.65. The van der Waals surface area contributed by atoms with Gasteiger partial charge in [-0.05, 0) is 38.1 Å². The van der Waals surface area contributed by atoms with Gasteiger partial charge in [-0.15, -0.1) is 0 Å². The number of carboxylic acids is 1. The first-order valence-corrected chi connectivity index (χ1v) is 10.4. The normalized spacial score (nSPS) is 33.7. The first-order chi connectivity index (χ1) is 14.7. The molecule has 9 heteroatoms. The minimum absolute atomic E-state index is 0.145. The van der Waals surface area contributed by atoms with Crippen LogP contribution >= 0.6 is 0 Å². The third-order valence-electron chi connectivity index (χ3n) is 7.50. The Morgan fingerprint density at radius 3 is 2.87 bits per heavy atom. The number of carboxylic acid groups (broad SMARTS) is 1. The van der Waals surface area contributed by atoms with Gasteiger partial charge in [0.2, 0.25) is 0 Å². The third-order valence-corrected chi connectivity index (χ3v) is 7.50. The monoisotopic (exact) mass is 431 g/mol. The second kappa shape index (κ2) is 6.77. The molecule has 1 fully saturated rings. The van der Waals surface area contributed by atoms with Crippen molar-refractivity contribution in [2.24, 2.45) is 0 Å². The Morgan fingerprint density at radius 1 is 1.39 bits per heavy atom. The number of esters is 1. The average molecular weight is 431 g/mol. The first kappa shape index (κ1) is 20.4. The first-order valence-electron chi connectivity index (χ1n) is 10.4. The van der Waals surface area contributed by atoms with Gasteiger partial charge >= 0.3 is 11.9 Å². The molecule has 2 aliphatic carbocycles. The highest BCUT2D eigenvalue weighted by atomic mass is 16.6. The molecule has 2 unspecified atom stereocenters. The van der Waals surface area contributed by atoms with Crippen LogP contribution in [0.2, 0.25) is 0 Å². The molecule has 2 heterocycles. The quantitative estimate of drug-likeness (QED) is 0.469. The second-order valence-corrected chi connectivity index (χ2v) is 8.93. The number of benzene rings is 1. The van der Waals surface area contributed by atoms with Crippen LogP contribution in [0.5, 0.6) is 5.75 Å². The number of carbonyl (C=O) groups is 2. The van der Waals surface area contributed by atoms with Gasteiger partial charge in [0, 0.05) is 23.6 Å². The summed E-state index contributed by atoms with van der Waals surface area (Å²) in [6.07, 6.45) is -0.236. The number of aliphatic hydroxyl groups excluding tert-OH is 2. The zero-order valence-electron chi connectivity index (χ0n) is 17.1. The highest BCUT2D eigenvalue weighted by molar-refractivity contribution is 5.81. The van der Waals surface area contributed by atoms with Crippen LogP contribution in [0.25, 0.3) is 0 Å². The van der Waals surface area contributed by atoms with Gasteiger partial charge in [0.05, 0.1) is 24.0 Å². The summed E-state index contributed by atoms with van der Waals surface area (Å²) >= 11 is 0. The molecule has 0 saturated carbocycles. The largest absolute Gasteiger partial charge is 0.481 e. The number of carbonyl (C=O) groups excluding carboxylic acids is 1. The van der Waals surface area contributed by atoms with E-state index in [0.717, 1.165) is 11.1 Å². The predicted octanol–water partition coefficient (Wildman–Crippen LogP) is -0.165. The van der Waals surface area contributed by atoms with Gasteiger partial charge in [0.1, 0.15) is 11.5 Å². The fraction of sp³-hybridized carbons (Fsp3) is 0.545. The molecule has 1 aromatic carbocycles. The van der Waals surface area contributed by atoms with Crippen molar-refractivity contribution < 1.29 is 39.5 Å². The molecule has 1 saturated heterocycles. The minimum atomic E-state index is -1.86. The Bertz CT molecular complexity index is 1010. The van der Waals surface area contributed by atoms with Crippen LogP contribution in [0.3, 0.4) is 0 Å². The molecule has 0 radical (unpaired) electrons. The van der Waals surface area contributed by atoms with Crippen LogP contribution in [0.4, 0.5) is 0 Å². The van der Waals surface area contributed by atoms with Gasteiger partial charge in [-0.2, -0.15) is 0 Å². The molecular weight excluding hydrogens is 406 g/mol. The topological polar surface area (TPSA) is 137 Å². The molecule has 1 aromatic rings. The highest BCUT2D eigenvalue weighted by Crippen LogP contribution is 2.64. The van der Waals surface area contributed by atoms with Crippen LogP contribution < -0.4 is 4.74 Å². The average Bonchev–Trinajstić information content (AvgIpc) is 3.08. The lowest BCUT2D eigenvalue weighted by Gasteiger charge is -2.61. The van der Waals surface area contributed by atoms with Crippen molar-refractivity contribution in [2.75, 3.05) is 13.6 Å². The van der Waals surface area contributed by atoms with Crippen molar-refractivity contribution in [1.82, 2.24) is 4.90 Å². The molecule has 2 aliphatic heterocycles. The lowest BCUT2D eigenvalue weighted by Crippen LogP contribution is -2.74. The fourth-order valence-corrected chi connectivity index (χ4v) is 6.05. The van der Waals surface area contributed by atoms with E-state index in [1.54, 1.807) is 6.08 Å².